The first kappa shape index (κ1) is 11.8. The van der Waals surface area contributed by atoms with Crippen LogP contribution in [-0.4, -0.2) is 4.98 Å². The summed E-state index contributed by atoms with van der Waals surface area (Å²) in [6, 6.07) is 5.90. The van der Waals surface area contributed by atoms with Gasteiger partial charge in [-0.3, -0.25) is 0 Å². The number of halogens is 1. The van der Waals surface area contributed by atoms with Crippen LogP contribution in [0.1, 0.15) is 5.01 Å². The van der Waals surface area contributed by atoms with E-state index in [0.29, 0.717) is 0 Å². The van der Waals surface area contributed by atoms with Gasteiger partial charge in [-0.05, 0) is 18.2 Å². The Morgan fingerprint density at radius 3 is 3.11 bits per heavy atom. The lowest BCUT2D eigenvalue weighted by Gasteiger charge is -1.97. The van der Waals surface area contributed by atoms with Gasteiger partial charge >= 0.3 is 0 Å². The van der Waals surface area contributed by atoms with Crippen LogP contribution in [0.2, 0.25) is 5.02 Å². The molecule has 0 atom stereocenters. The molecule has 3 heterocycles. The second kappa shape index (κ2) is 4.52. The Morgan fingerprint density at radius 2 is 2.21 bits per heavy atom. The van der Waals surface area contributed by atoms with Crippen LogP contribution in [0.15, 0.2) is 38.9 Å². The fourth-order valence-corrected chi connectivity index (χ4v) is 4.88. The predicted octanol–water partition coefficient (Wildman–Crippen LogP) is 5.53. The molecule has 1 aromatic carbocycles. The minimum atomic E-state index is 0.752. The second-order valence-electron chi connectivity index (χ2n) is 4.05. The number of aromatic nitrogens is 1. The van der Waals surface area contributed by atoms with E-state index in [1.54, 1.807) is 34.4 Å². The van der Waals surface area contributed by atoms with Crippen molar-refractivity contribution in [2.45, 2.75) is 4.90 Å². The molecule has 1 aliphatic rings. The van der Waals surface area contributed by atoms with E-state index in [4.69, 9.17) is 11.6 Å². The summed E-state index contributed by atoms with van der Waals surface area (Å²) in [4.78, 5) is 5.79. The van der Waals surface area contributed by atoms with E-state index in [-0.39, 0.29) is 0 Å². The van der Waals surface area contributed by atoms with Gasteiger partial charge in [0.25, 0.3) is 0 Å². The average molecular weight is 323 g/mol. The molecule has 3 aromatic rings. The number of rotatable bonds is 1. The number of fused-ring (bicyclic) bond motifs is 2. The molecule has 94 valence electrons. The molecule has 0 fully saturated rings. The number of thiophene rings is 1. The van der Waals surface area contributed by atoms with E-state index in [1.165, 1.54) is 9.60 Å². The van der Waals surface area contributed by atoms with Crippen LogP contribution in [0.25, 0.3) is 16.3 Å². The molecule has 2 aromatic heterocycles. The van der Waals surface area contributed by atoms with Crippen molar-refractivity contribution in [3.63, 3.8) is 0 Å². The lowest BCUT2D eigenvalue weighted by molar-refractivity contribution is 1.45. The summed E-state index contributed by atoms with van der Waals surface area (Å²) in [5.41, 5.74) is 2.16. The highest BCUT2D eigenvalue weighted by atomic mass is 35.5. The number of hydrogen-bond acceptors (Lipinski definition) is 5. The molecule has 1 aliphatic heterocycles. The molecule has 19 heavy (non-hydrogen) atoms. The van der Waals surface area contributed by atoms with Gasteiger partial charge in [0.2, 0.25) is 0 Å². The van der Waals surface area contributed by atoms with E-state index >= 15 is 0 Å². The molecule has 6 heteroatoms. The van der Waals surface area contributed by atoms with E-state index in [9.17, 15) is 0 Å². The summed E-state index contributed by atoms with van der Waals surface area (Å²) >= 11 is 11.1. The maximum absolute atomic E-state index is 5.99. The van der Waals surface area contributed by atoms with Crippen molar-refractivity contribution in [1.82, 2.24) is 4.98 Å². The summed E-state index contributed by atoms with van der Waals surface area (Å²) in [6.07, 6.45) is 2.09. The minimum Gasteiger partial charge on any atom is -0.349 e. The normalized spacial score (nSPS) is 15.9. The first-order valence-corrected chi connectivity index (χ1v) is 8.52. The van der Waals surface area contributed by atoms with Crippen molar-refractivity contribution < 1.29 is 0 Å². The zero-order valence-electron chi connectivity index (χ0n) is 9.51. The Balaban J connectivity index is 1.68. The molecule has 0 amide bonds. The van der Waals surface area contributed by atoms with Gasteiger partial charge in [0.1, 0.15) is 5.01 Å². The van der Waals surface area contributed by atoms with Gasteiger partial charge in [0.15, 0.2) is 0 Å². The van der Waals surface area contributed by atoms with Gasteiger partial charge in [0, 0.05) is 26.8 Å². The average Bonchev–Trinajstić information content (AvgIpc) is 3.01. The molecular weight excluding hydrogens is 316 g/mol. The van der Waals surface area contributed by atoms with Crippen LogP contribution < -0.4 is 5.32 Å². The minimum absolute atomic E-state index is 0.752. The van der Waals surface area contributed by atoms with E-state index in [0.717, 1.165) is 26.3 Å². The topological polar surface area (TPSA) is 24.9 Å². The van der Waals surface area contributed by atoms with Gasteiger partial charge in [-0.15, -0.1) is 22.7 Å². The zero-order valence-corrected chi connectivity index (χ0v) is 12.7. The SMILES string of the molecule is Clc1ccc2c(c1)N/C(=C/c1nc3cscc3s1)S2. The Bertz CT molecular complexity index is 775. The summed E-state index contributed by atoms with van der Waals surface area (Å²) in [5, 5.41) is 10.5. The Kier molecular flexibility index (Phi) is 2.81. The number of nitrogens with one attached hydrogen (secondary N) is 1. The number of thiazole rings is 1. The van der Waals surface area contributed by atoms with Crippen LogP contribution in [0.5, 0.6) is 0 Å². The van der Waals surface area contributed by atoms with Gasteiger partial charge in [-0.25, -0.2) is 4.98 Å². The van der Waals surface area contributed by atoms with Gasteiger partial charge in [-0.2, -0.15) is 0 Å². The second-order valence-corrected chi connectivity index (χ2v) is 7.38. The Hall–Kier alpha value is -1.01. The number of benzene rings is 1. The van der Waals surface area contributed by atoms with Crippen LogP contribution in [0, 0.1) is 0 Å². The standard InChI is InChI=1S/C13H7ClN2S3/c14-7-1-2-10-8(3-7)15-12(18-10)4-13-16-9-5-17-6-11(9)19-13/h1-6,15H/b12-4-. The Labute approximate surface area is 127 Å². The number of hydrogen-bond donors (Lipinski definition) is 1. The van der Waals surface area contributed by atoms with Gasteiger partial charge in [0.05, 0.1) is 20.9 Å². The number of thioether (sulfide) groups is 1. The molecule has 2 nitrogen and oxygen atoms in total. The summed E-state index contributed by atoms with van der Waals surface area (Å²) < 4.78 is 1.25. The highest BCUT2D eigenvalue weighted by molar-refractivity contribution is 8.03. The van der Waals surface area contributed by atoms with Gasteiger partial charge in [-0.1, -0.05) is 23.4 Å². The van der Waals surface area contributed by atoms with Crippen molar-refractivity contribution in [1.29, 1.82) is 0 Å². The van der Waals surface area contributed by atoms with Crippen LogP contribution in [-0.2, 0) is 0 Å². The first-order valence-electron chi connectivity index (χ1n) is 5.57. The van der Waals surface area contributed by atoms with Crippen LogP contribution in [0.4, 0.5) is 5.69 Å². The number of anilines is 1. The highest BCUT2D eigenvalue weighted by Crippen LogP contribution is 2.43. The summed E-state index contributed by atoms with van der Waals surface area (Å²) in [6.45, 7) is 0. The van der Waals surface area contributed by atoms with Gasteiger partial charge < -0.3 is 5.32 Å². The third-order valence-electron chi connectivity index (χ3n) is 2.73. The van der Waals surface area contributed by atoms with Crippen LogP contribution in [0.3, 0.4) is 0 Å². The molecule has 1 N–H and O–H groups in total. The molecule has 0 radical (unpaired) electrons. The molecular formula is C13H7ClN2S3. The fraction of sp³-hybridized carbons (Fsp3) is 0. The maximum atomic E-state index is 5.99. The molecule has 0 spiro atoms. The monoisotopic (exact) mass is 322 g/mol. The molecule has 0 bridgehead atoms. The first-order chi connectivity index (χ1) is 9.28. The van der Waals surface area contributed by atoms with E-state index < -0.39 is 0 Å². The highest BCUT2D eigenvalue weighted by Gasteiger charge is 2.16. The zero-order chi connectivity index (χ0) is 12.8. The molecule has 0 saturated carbocycles. The molecule has 0 unspecified atom stereocenters. The largest absolute Gasteiger partial charge is 0.349 e. The lowest BCUT2D eigenvalue weighted by Crippen LogP contribution is -1.87. The van der Waals surface area contributed by atoms with Crippen molar-refractivity contribution in [2.24, 2.45) is 0 Å². The quantitative estimate of drug-likeness (QED) is 0.638. The predicted molar refractivity (Wildman–Crippen MR) is 86.4 cm³/mol. The van der Waals surface area contributed by atoms with E-state index in [1.807, 2.05) is 18.2 Å². The fourth-order valence-electron chi connectivity index (χ4n) is 1.90. The van der Waals surface area contributed by atoms with Crippen molar-refractivity contribution >= 4 is 68.0 Å². The van der Waals surface area contributed by atoms with Crippen molar-refractivity contribution in [2.75, 3.05) is 5.32 Å². The lowest BCUT2D eigenvalue weighted by atomic mass is 10.3. The smallest absolute Gasteiger partial charge is 0.120 e. The maximum Gasteiger partial charge on any atom is 0.120 e. The van der Waals surface area contributed by atoms with E-state index in [2.05, 4.69) is 27.1 Å². The third-order valence-corrected chi connectivity index (χ3v) is 5.82. The van der Waals surface area contributed by atoms with Crippen LogP contribution >= 0.6 is 46.0 Å². The molecule has 4 rings (SSSR count). The summed E-state index contributed by atoms with van der Waals surface area (Å²) in [7, 11) is 0. The third kappa shape index (κ3) is 2.17. The summed E-state index contributed by atoms with van der Waals surface area (Å²) in [5.74, 6) is 0. The molecule has 0 saturated heterocycles. The molecule has 0 aliphatic carbocycles. The number of nitrogens with zero attached hydrogens (tertiary/aromatic N) is 1. The van der Waals surface area contributed by atoms with Crippen molar-refractivity contribution in [3.8, 4) is 0 Å². The Morgan fingerprint density at radius 1 is 1.26 bits per heavy atom. The van der Waals surface area contributed by atoms with Crippen molar-refractivity contribution in [3.05, 3.63) is 44.0 Å².